The minimum atomic E-state index is -3.00. The lowest BCUT2D eigenvalue weighted by Crippen LogP contribution is -2.15. The van der Waals surface area contributed by atoms with Crippen molar-refractivity contribution in [3.63, 3.8) is 0 Å². The fourth-order valence-corrected chi connectivity index (χ4v) is 1.58. The molecule has 0 amide bonds. The molecule has 0 saturated heterocycles. The summed E-state index contributed by atoms with van der Waals surface area (Å²) in [6.45, 7) is 0.348. The van der Waals surface area contributed by atoms with Crippen LogP contribution in [0, 0.1) is 0 Å². The van der Waals surface area contributed by atoms with E-state index in [1.807, 2.05) is 0 Å². The number of pyridine rings is 1. The van der Waals surface area contributed by atoms with Crippen molar-refractivity contribution in [2.75, 3.05) is 0 Å². The van der Waals surface area contributed by atoms with Crippen LogP contribution in [-0.4, -0.2) is 4.98 Å². The molecule has 4 heteroatoms. The van der Waals surface area contributed by atoms with Gasteiger partial charge in [-0.15, -0.1) is 0 Å². The van der Waals surface area contributed by atoms with E-state index in [2.05, 4.69) is 4.98 Å². The van der Waals surface area contributed by atoms with E-state index in [0.29, 0.717) is 6.54 Å². The van der Waals surface area contributed by atoms with Gasteiger partial charge in [-0.1, -0.05) is 24.3 Å². The minimum absolute atomic E-state index is 0.0408. The molecule has 17 heavy (non-hydrogen) atoms. The van der Waals surface area contributed by atoms with Crippen LogP contribution in [0.3, 0.4) is 0 Å². The molecule has 0 bridgehead atoms. The lowest BCUT2D eigenvalue weighted by Gasteiger charge is -2.17. The number of halogens is 2. The van der Waals surface area contributed by atoms with E-state index in [1.165, 1.54) is 36.7 Å². The maximum atomic E-state index is 14.1. The van der Waals surface area contributed by atoms with Gasteiger partial charge >= 0.3 is 0 Å². The molecule has 1 aromatic carbocycles. The van der Waals surface area contributed by atoms with Crippen LogP contribution in [0.4, 0.5) is 8.78 Å². The van der Waals surface area contributed by atoms with Crippen molar-refractivity contribution < 1.29 is 8.78 Å². The lowest BCUT2D eigenvalue weighted by atomic mass is 10.0. The van der Waals surface area contributed by atoms with E-state index < -0.39 is 5.92 Å². The number of hydrogen-bond acceptors (Lipinski definition) is 2. The van der Waals surface area contributed by atoms with Gasteiger partial charge in [0.15, 0.2) is 0 Å². The van der Waals surface area contributed by atoms with E-state index in [-0.39, 0.29) is 11.1 Å². The maximum Gasteiger partial charge on any atom is 0.298 e. The van der Waals surface area contributed by atoms with Crippen LogP contribution in [0.1, 0.15) is 16.7 Å². The Kier molecular flexibility index (Phi) is 3.15. The summed E-state index contributed by atoms with van der Waals surface area (Å²) in [4.78, 5) is 3.73. The zero-order valence-corrected chi connectivity index (χ0v) is 9.11. The Morgan fingerprint density at radius 3 is 2.00 bits per heavy atom. The monoisotopic (exact) mass is 234 g/mol. The number of nitrogens with two attached hydrogens (primary N) is 1. The lowest BCUT2D eigenvalue weighted by molar-refractivity contribution is 0.0427. The summed E-state index contributed by atoms with van der Waals surface area (Å²) < 4.78 is 28.1. The van der Waals surface area contributed by atoms with E-state index in [1.54, 1.807) is 12.1 Å². The van der Waals surface area contributed by atoms with Gasteiger partial charge < -0.3 is 5.73 Å². The number of benzene rings is 1. The normalized spacial score (nSPS) is 11.5. The van der Waals surface area contributed by atoms with E-state index in [4.69, 9.17) is 5.73 Å². The van der Waals surface area contributed by atoms with Gasteiger partial charge in [0.1, 0.15) is 0 Å². The van der Waals surface area contributed by atoms with Crippen LogP contribution >= 0.6 is 0 Å². The third kappa shape index (κ3) is 2.31. The van der Waals surface area contributed by atoms with Crippen molar-refractivity contribution in [2.24, 2.45) is 5.73 Å². The maximum absolute atomic E-state index is 14.1. The summed E-state index contributed by atoms with van der Waals surface area (Å²) in [6, 6.07) is 8.67. The molecule has 0 aliphatic carbocycles. The van der Waals surface area contributed by atoms with Crippen LogP contribution < -0.4 is 5.73 Å². The average Bonchev–Trinajstić information content (AvgIpc) is 2.40. The predicted molar refractivity (Wildman–Crippen MR) is 61.6 cm³/mol. The van der Waals surface area contributed by atoms with Gasteiger partial charge in [-0.2, -0.15) is 8.78 Å². The van der Waals surface area contributed by atoms with Crippen LogP contribution in [-0.2, 0) is 12.5 Å². The molecule has 0 fully saturated rings. The van der Waals surface area contributed by atoms with E-state index >= 15 is 0 Å². The Hall–Kier alpha value is -1.81. The molecule has 0 radical (unpaired) electrons. The quantitative estimate of drug-likeness (QED) is 0.886. The predicted octanol–water partition coefficient (Wildman–Crippen LogP) is 2.68. The van der Waals surface area contributed by atoms with Crippen molar-refractivity contribution in [2.45, 2.75) is 12.5 Å². The molecule has 0 unspecified atom stereocenters. The number of rotatable bonds is 3. The first kappa shape index (κ1) is 11.7. The second-order valence-electron chi connectivity index (χ2n) is 3.71. The first-order valence-electron chi connectivity index (χ1n) is 5.22. The Balaban J connectivity index is 2.37. The first-order chi connectivity index (χ1) is 8.14. The van der Waals surface area contributed by atoms with Gasteiger partial charge in [-0.05, 0) is 17.7 Å². The molecule has 1 heterocycles. The van der Waals surface area contributed by atoms with Crippen LogP contribution in [0.25, 0.3) is 0 Å². The van der Waals surface area contributed by atoms with Crippen LogP contribution in [0.15, 0.2) is 48.8 Å². The number of alkyl halides is 2. The number of hydrogen-bond donors (Lipinski definition) is 1. The molecule has 2 aromatic rings. The highest BCUT2D eigenvalue weighted by Crippen LogP contribution is 2.35. The van der Waals surface area contributed by atoms with Gasteiger partial charge in [-0.25, -0.2) is 0 Å². The third-order valence-corrected chi connectivity index (χ3v) is 2.60. The highest BCUT2D eigenvalue weighted by atomic mass is 19.3. The van der Waals surface area contributed by atoms with E-state index in [0.717, 1.165) is 5.56 Å². The molecule has 0 aliphatic rings. The molecule has 0 aliphatic heterocycles. The van der Waals surface area contributed by atoms with Gasteiger partial charge in [-0.3, -0.25) is 4.98 Å². The molecule has 0 saturated carbocycles. The second kappa shape index (κ2) is 4.59. The van der Waals surface area contributed by atoms with Crippen LogP contribution in [0.5, 0.6) is 0 Å². The number of aromatic nitrogens is 1. The Morgan fingerprint density at radius 1 is 0.941 bits per heavy atom. The van der Waals surface area contributed by atoms with Crippen molar-refractivity contribution in [3.05, 3.63) is 65.5 Å². The fourth-order valence-electron chi connectivity index (χ4n) is 1.58. The van der Waals surface area contributed by atoms with Gasteiger partial charge in [0.05, 0.1) is 0 Å². The highest BCUT2D eigenvalue weighted by molar-refractivity contribution is 5.33. The van der Waals surface area contributed by atoms with Crippen molar-refractivity contribution in [1.29, 1.82) is 0 Å². The second-order valence-corrected chi connectivity index (χ2v) is 3.71. The SMILES string of the molecule is NCc1ccc(C(F)(F)c2ccncc2)cc1. The first-order valence-corrected chi connectivity index (χ1v) is 5.22. The molecular weight excluding hydrogens is 222 g/mol. The zero-order valence-electron chi connectivity index (χ0n) is 9.11. The standard InChI is InChI=1S/C13H12F2N2/c14-13(15,12-5-7-17-8-6-12)11-3-1-10(9-16)2-4-11/h1-8H,9,16H2. The van der Waals surface area contributed by atoms with Crippen LogP contribution in [0.2, 0.25) is 0 Å². The van der Waals surface area contributed by atoms with Crippen molar-refractivity contribution >= 4 is 0 Å². The summed E-state index contributed by atoms with van der Waals surface area (Å²) in [5.41, 5.74) is 6.15. The topological polar surface area (TPSA) is 38.9 Å². The summed E-state index contributed by atoms with van der Waals surface area (Å²) in [6.07, 6.45) is 2.72. The molecule has 2 nitrogen and oxygen atoms in total. The molecule has 88 valence electrons. The molecule has 0 atom stereocenters. The fraction of sp³-hybridized carbons (Fsp3) is 0.154. The molecular formula is C13H12F2N2. The summed E-state index contributed by atoms with van der Waals surface area (Å²) in [7, 11) is 0. The summed E-state index contributed by atoms with van der Waals surface area (Å²) in [5, 5.41) is 0. The van der Waals surface area contributed by atoms with Gasteiger partial charge in [0.2, 0.25) is 0 Å². The minimum Gasteiger partial charge on any atom is -0.326 e. The van der Waals surface area contributed by atoms with Gasteiger partial charge in [0, 0.05) is 30.1 Å². The Morgan fingerprint density at radius 2 is 1.47 bits per heavy atom. The van der Waals surface area contributed by atoms with Crippen molar-refractivity contribution in [3.8, 4) is 0 Å². The molecule has 1 aromatic heterocycles. The average molecular weight is 234 g/mol. The summed E-state index contributed by atoms with van der Waals surface area (Å²) in [5.74, 6) is -3.00. The molecule has 2 rings (SSSR count). The summed E-state index contributed by atoms with van der Waals surface area (Å²) >= 11 is 0. The van der Waals surface area contributed by atoms with Gasteiger partial charge in [0.25, 0.3) is 5.92 Å². The Bertz CT molecular complexity index is 481. The molecule has 2 N–H and O–H groups in total. The largest absolute Gasteiger partial charge is 0.326 e. The third-order valence-electron chi connectivity index (χ3n) is 2.60. The Labute approximate surface area is 98.1 Å². The zero-order chi connectivity index (χ0) is 12.3. The van der Waals surface area contributed by atoms with Crippen molar-refractivity contribution in [1.82, 2.24) is 4.98 Å². The smallest absolute Gasteiger partial charge is 0.298 e. The highest BCUT2D eigenvalue weighted by Gasteiger charge is 2.33. The number of nitrogens with zero attached hydrogens (tertiary/aromatic N) is 1. The molecule has 0 spiro atoms. The van der Waals surface area contributed by atoms with E-state index in [9.17, 15) is 8.78 Å².